The van der Waals surface area contributed by atoms with Gasteiger partial charge in [0.05, 0.1) is 24.2 Å². The minimum atomic E-state index is 0.118. The Morgan fingerprint density at radius 1 is 0.938 bits per heavy atom. The summed E-state index contributed by atoms with van der Waals surface area (Å²) >= 11 is 0. The zero-order valence-electron chi connectivity index (χ0n) is 18.9. The number of rotatable bonds is 11. The van der Waals surface area contributed by atoms with E-state index in [0.29, 0.717) is 18.7 Å². The number of hydrogen-bond donors (Lipinski definition) is 0. The Morgan fingerprint density at radius 2 is 1.75 bits per heavy atom. The third-order valence-corrected chi connectivity index (χ3v) is 5.94. The van der Waals surface area contributed by atoms with Crippen molar-refractivity contribution in [1.29, 1.82) is 0 Å². The molecule has 1 amide bonds. The molecule has 0 N–H and O–H groups in total. The molecule has 168 valence electrons. The van der Waals surface area contributed by atoms with Gasteiger partial charge in [-0.15, -0.1) is 0 Å². The van der Waals surface area contributed by atoms with Gasteiger partial charge in [0.1, 0.15) is 0 Å². The second-order valence-electron chi connectivity index (χ2n) is 8.44. The fourth-order valence-corrected chi connectivity index (χ4v) is 4.10. The number of amides is 1. The van der Waals surface area contributed by atoms with E-state index in [9.17, 15) is 4.79 Å². The van der Waals surface area contributed by atoms with Gasteiger partial charge < -0.3 is 14.4 Å². The first kappa shape index (κ1) is 22.1. The first-order valence-corrected chi connectivity index (χ1v) is 11.7. The van der Waals surface area contributed by atoms with Gasteiger partial charge in [-0.25, -0.2) is 0 Å². The third kappa shape index (κ3) is 5.78. The number of carbonyl (C=O) groups excluding carboxylic acids is 1. The van der Waals surface area contributed by atoms with E-state index in [0.717, 1.165) is 47.3 Å². The summed E-state index contributed by atoms with van der Waals surface area (Å²) in [7, 11) is 0. The highest BCUT2D eigenvalue weighted by Gasteiger charge is 2.18. The van der Waals surface area contributed by atoms with Crippen molar-refractivity contribution in [1.82, 2.24) is 9.88 Å². The molecule has 4 rings (SSSR count). The molecule has 0 saturated heterocycles. The molecule has 1 aliphatic rings. The van der Waals surface area contributed by atoms with Gasteiger partial charge in [-0.2, -0.15) is 0 Å². The fraction of sp³-hybridized carbons (Fsp3) is 0.407. The van der Waals surface area contributed by atoms with Crippen molar-refractivity contribution in [3.8, 4) is 11.5 Å². The van der Waals surface area contributed by atoms with Crippen molar-refractivity contribution < 1.29 is 14.3 Å². The number of unbranched alkanes of at least 4 members (excludes halogenated alkanes) is 5. The molecular weight excluding hydrogens is 400 g/mol. The maximum atomic E-state index is 13.3. The predicted octanol–water partition coefficient (Wildman–Crippen LogP) is 5.90. The highest BCUT2D eigenvalue weighted by atomic mass is 16.7. The summed E-state index contributed by atoms with van der Waals surface area (Å²) in [5, 5.41) is 1.12. The van der Waals surface area contributed by atoms with E-state index in [1.54, 1.807) is 0 Å². The third-order valence-electron chi connectivity index (χ3n) is 5.94. The molecule has 32 heavy (non-hydrogen) atoms. The topological polar surface area (TPSA) is 51.7 Å². The second-order valence-corrected chi connectivity index (χ2v) is 8.44. The van der Waals surface area contributed by atoms with Gasteiger partial charge in [-0.1, -0.05) is 69.4 Å². The zero-order chi connectivity index (χ0) is 22.2. The summed E-state index contributed by atoms with van der Waals surface area (Å²) in [5.74, 6) is 1.58. The summed E-state index contributed by atoms with van der Waals surface area (Å²) in [6, 6.07) is 18.0. The van der Waals surface area contributed by atoms with E-state index in [-0.39, 0.29) is 12.7 Å². The maximum Gasteiger partial charge on any atom is 0.231 e. The Morgan fingerprint density at radius 3 is 2.66 bits per heavy atom. The first-order valence-electron chi connectivity index (χ1n) is 11.7. The van der Waals surface area contributed by atoms with Crippen LogP contribution in [0.4, 0.5) is 0 Å². The lowest BCUT2D eigenvalue weighted by Crippen LogP contribution is -2.33. The Labute approximate surface area is 190 Å². The summed E-state index contributed by atoms with van der Waals surface area (Å²) < 4.78 is 10.9. The van der Waals surface area contributed by atoms with Gasteiger partial charge >= 0.3 is 0 Å². The molecule has 0 radical (unpaired) electrons. The van der Waals surface area contributed by atoms with Crippen LogP contribution in [0, 0.1) is 0 Å². The molecule has 5 nitrogen and oxygen atoms in total. The summed E-state index contributed by atoms with van der Waals surface area (Å²) in [6.07, 6.45) is 7.55. The lowest BCUT2D eigenvalue weighted by atomic mass is 10.1. The highest BCUT2D eigenvalue weighted by Crippen LogP contribution is 2.32. The smallest absolute Gasteiger partial charge is 0.231 e. The number of nitrogens with zero attached hydrogens (tertiary/aromatic N) is 2. The van der Waals surface area contributed by atoms with E-state index in [1.807, 2.05) is 47.4 Å². The van der Waals surface area contributed by atoms with Gasteiger partial charge in [0.15, 0.2) is 11.5 Å². The number of hydrogen-bond acceptors (Lipinski definition) is 4. The Kier molecular flexibility index (Phi) is 7.59. The van der Waals surface area contributed by atoms with E-state index in [1.165, 1.54) is 25.7 Å². The Bertz CT molecular complexity index is 1050. The summed E-state index contributed by atoms with van der Waals surface area (Å²) in [6.45, 7) is 3.75. The van der Waals surface area contributed by atoms with Crippen LogP contribution in [0.2, 0.25) is 0 Å². The number of carbonyl (C=O) groups is 1. The highest BCUT2D eigenvalue weighted by molar-refractivity contribution is 5.80. The molecule has 0 aliphatic carbocycles. The first-order chi connectivity index (χ1) is 15.7. The number of para-hydroxylation sites is 1. The molecule has 0 saturated carbocycles. The Hall–Kier alpha value is -3.08. The van der Waals surface area contributed by atoms with Crippen molar-refractivity contribution in [3.05, 3.63) is 65.9 Å². The molecule has 5 heteroatoms. The molecule has 3 aromatic rings. The maximum absolute atomic E-state index is 13.3. The molecule has 2 heterocycles. The molecule has 0 spiro atoms. The summed E-state index contributed by atoms with van der Waals surface area (Å²) in [4.78, 5) is 20.0. The van der Waals surface area contributed by atoms with Crippen LogP contribution in [0.5, 0.6) is 11.5 Å². The number of benzene rings is 2. The molecular formula is C27H32N2O3. The second kappa shape index (κ2) is 11.0. The van der Waals surface area contributed by atoms with Crippen LogP contribution in [0.15, 0.2) is 54.6 Å². The van der Waals surface area contributed by atoms with E-state index in [4.69, 9.17) is 14.5 Å². The van der Waals surface area contributed by atoms with Crippen molar-refractivity contribution in [3.63, 3.8) is 0 Å². The molecule has 2 aromatic carbocycles. The fourth-order valence-electron chi connectivity index (χ4n) is 4.10. The lowest BCUT2D eigenvalue weighted by molar-refractivity contribution is -0.131. The van der Waals surface area contributed by atoms with Gasteiger partial charge in [-0.3, -0.25) is 9.78 Å². The minimum absolute atomic E-state index is 0.118. The molecule has 0 unspecified atom stereocenters. The normalized spacial score (nSPS) is 12.3. The van der Waals surface area contributed by atoms with Crippen molar-refractivity contribution in [2.75, 3.05) is 13.3 Å². The largest absolute Gasteiger partial charge is 0.454 e. The van der Waals surface area contributed by atoms with Crippen LogP contribution in [-0.4, -0.2) is 29.1 Å². The number of pyridine rings is 1. The standard InChI is InChI=1S/C27H32N2O3/c1-2-3-4-5-6-9-16-29(19-23-14-13-22-10-7-8-11-24(22)28-23)27(30)18-21-12-15-25-26(17-21)32-20-31-25/h7-8,10-15,17H,2-6,9,16,18-20H2,1H3. The minimum Gasteiger partial charge on any atom is -0.454 e. The molecule has 0 bridgehead atoms. The summed E-state index contributed by atoms with van der Waals surface area (Å²) in [5.41, 5.74) is 2.83. The van der Waals surface area contributed by atoms with Gasteiger partial charge in [-0.05, 0) is 36.2 Å². The number of ether oxygens (including phenoxy) is 2. The Balaban J connectivity index is 1.43. The van der Waals surface area contributed by atoms with Crippen LogP contribution in [0.25, 0.3) is 10.9 Å². The average Bonchev–Trinajstić information content (AvgIpc) is 3.28. The quantitative estimate of drug-likeness (QED) is 0.354. The number of aromatic nitrogens is 1. The van der Waals surface area contributed by atoms with Gasteiger partial charge in [0.2, 0.25) is 12.7 Å². The SMILES string of the molecule is CCCCCCCCN(Cc1ccc2ccccc2n1)C(=O)Cc1ccc2c(c1)OCO2. The average molecular weight is 433 g/mol. The van der Waals surface area contributed by atoms with E-state index < -0.39 is 0 Å². The van der Waals surface area contributed by atoms with Gasteiger partial charge in [0, 0.05) is 11.9 Å². The van der Waals surface area contributed by atoms with E-state index >= 15 is 0 Å². The lowest BCUT2D eigenvalue weighted by Gasteiger charge is -2.23. The van der Waals surface area contributed by atoms with Crippen LogP contribution in [0.1, 0.15) is 56.7 Å². The molecule has 0 fully saturated rings. The van der Waals surface area contributed by atoms with Crippen molar-refractivity contribution in [2.45, 2.75) is 58.4 Å². The van der Waals surface area contributed by atoms with Crippen LogP contribution < -0.4 is 9.47 Å². The number of fused-ring (bicyclic) bond motifs is 2. The van der Waals surface area contributed by atoms with Crippen LogP contribution in [0.3, 0.4) is 0 Å². The van der Waals surface area contributed by atoms with Crippen molar-refractivity contribution in [2.24, 2.45) is 0 Å². The molecule has 0 atom stereocenters. The van der Waals surface area contributed by atoms with Crippen molar-refractivity contribution >= 4 is 16.8 Å². The van der Waals surface area contributed by atoms with E-state index in [2.05, 4.69) is 19.1 Å². The predicted molar refractivity (Wildman–Crippen MR) is 127 cm³/mol. The van der Waals surface area contributed by atoms with Gasteiger partial charge in [0.25, 0.3) is 0 Å². The van der Waals surface area contributed by atoms with Crippen LogP contribution >= 0.6 is 0 Å². The van der Waals surface area contributed by atoms with Crippen LogP contribution in [-0.2, 0) is 17.8 Å². The monoisotopic (exact) mass is 432 g/mol. The molecule has 1 aromatic heterocycles. The zero-order valence-corrected chi connectivity index (χ0v) is 18.9. The molecule has 1 aliphatic heterocycles.